The van der Waals surface area contributed by atoms with Crippen molar-refractivity contribution in [1.82, 2.24) is 14.7 Å². The van der Waals surface area contributed by atoms with Crippen LogP contribution in [0.4, 0.5) is 0 Å². The van der Waals surface area contributed by atoms with Crippen LogP contribution in [0.15, 0.2) is 0 Å². The van der Waals surface area contributed by atoms with Gasteiger partial charge in [-0.3, -0.25) is 9.48 Å². The molecule has 1 fully saturated rings. The van der Waals surface area contributed by atoms with Crippen molar-refractivity contribution in [3.05, 3.63) is 16.4 Å². The quantitative estimate of drug-likeness (QED) is 0.817. The molecule has 5 nitrogen and oxygen atoms in total. The number of nitrogens with zero attached hydrogens (tertiary/aromatic N) is 3. The zero-order valence-corrected chi connectivity index (χ0v) is 11.7. The molecule has 1 atom stereocenters. The summed E-state index contributed by atoms with van der Waals surface area (Å²) in [5, 5.41) is 4.74. The van der Waals surface area contributed by atoms with Crippen LogP contribution >= 0.6 is 11.6 Å². The molecule has 100 valence electrons. The lowest BCUT2D eigenvalue weighted by molar-refractivity contribution is -0.134. The second-order valence-electron chi connectivity index (χ2n) is 4.74. The van der Waals surface area contributed by atoms with E-state index in [1.165, 1.54) is 0 Å². The van der Waals surface area contributed by atoms with Gasteiger partial charge in [0.1, 0.15) is 11.3 Å². The number of rotatable bonds is 3. The van der Waals surface area contributed by atoms with Crippen molar-refractivity contribution in [2.24, 2.45) is 7.05 Å². The minimum atomic E-state index is -0.348. The number of likely N-dealkylation sites (N-methyl/N-ethyl adjacent to an activating group) is 1. The number of carbonyl (C=O) groups excluding carboxylic acids is 1. The number of hydrogen-bond acceptors (Lipinski definition) is 4. The number of hydrogen-bond donors (Lipinski definition) is 0. The number of Topliss-reactive ketones (excluding diaryl/α,β-unsaturated/α-hetero) is 1. The van der Waals surface area contributed by atoms with E-state index >= 15 is 0 Å². The van der Waals surface area contributed by atoms with Crippen molar-refractivity contribution >= 4 is 17.4 Å². The number of ether oxygens (including phenoxy) is 1. The topological polar surface area (TPSA) is 47.4 Å². The Bertz CT molecular complexity index is 458. The summed E-state index contributed by atoms with van der Waals surface area (Å²) in [6, 6.07) is 0. The highest BCUT2D eigenvalue weighted by Crippen LogP contribution is 2.20. The smallest absolute Gasteiger partial charge is 0.167 e. The average molecular weight is 272 g/mol. The Morgan fingerprint density at radius 1 is 1.56 bits per heavy atom. The molecule has 2 rings (SSSR count). The van der Waals surface area contributed by atoms with Gasteiger partial charge >= 0.3 is 0 Å². The number of carbonyl (C=O) groups is 1. The lowest BCUT2D eigenvalue weighted by Gasteiger charge is -2.29. The van der Waals surface area contributed by atoms with E-state index in [0.29, 0.717) is 18.3 Å². The third-order valence-corrected chi connectivity index (χ3v) is 3.72. The molecule has 18 heavy (non-hydrogen) atoms. The summed E-state index contributed by atoms with van der Waals surface area (Å²) in [6.07, 6.45) is -0.0591. The highest BCUT2D eigenvalue weighted by Gasteiger charge is 2.26. The minimum Gasteiger partial charge on any atom is -0.368 e. The molecule has 1 aliphatic heterocycles. The standard InChI is InChI=1S/C12H18ClN3O2/c1-8-9(12(13)16(3)14-8)6-10(17)11-7-15(2)4-5-18-11/h11H,4-7H2,1-3H3. The fourth-order valence-corrected chi connectivity index (χ4v) is 2.38. The summed E-state index contributed by atoms with van der Waals surface area (Å²) in [5.74, 6) is 0.0690. The van der Waals surface area contributed by atoms with Gasteiger partial charge in [-0.25, -0.2) is 0 Å². The van der Waals surface area contributed by atoms with Crippen molar-refractivity contribution in [3.63, 3.8) is 0 Å². The van der Waals surface area contributed by atoms with Crippen LogP contribution in [0.25, 0.3) is 0 Å². The predicted molar refractivity (Wildman–Crippen MR) is 68.9 cm³/mol. The van der Waals surface area contributed by atoms with Gasteiger partial charge < -0.3 is 9.64 Å². The Labute approximate surface area is 112 Å². The molecule has 1 aromatic rings. The van der Waals surface area contributed by atoms with Gasteiger partial charge in [-0.15, -0.1) is 0 Å². The van der Waals surface area contributed by atoms with Gasteiger partial charge in [0, 0.05) is 32.1 Å². The zero-order valence-electron chi connectivity index (χ0n) is 10.9. The largest absolute Gasteiger partial charge is 0.368 e. The van der Waals surface area contributed by atoms with Crippen LogP contribution in [0.3, 0.4) is 0 Å². The number of halogens is 1. The second-order valence-corrected chi connectivity index (χ2v) is 5.10. The van der Waals surface area contributed by atoms with Gasteiger partial charge in [-0.1, -0.05) is 11.6 Å². The molecule has 0 spiro atoms. The maximum Gasteiger partial charge on any atom is 0.167 e. The first kappa shape index (κ1) is 13.5. The normalized spacial score (nSPS) is 21.2. The van der Waals surface area contributed by atoms with E-state index in [-0.39, 0.29) is 18.3 Å². The van der Waals surface area contributed by atoms with E-state index in [2.05, 4.69) is 10.00 Å². The zero-order chi connectivity index (χ0) is 13.3. The highest BCUT2D eigenvalue weighted by atomic mass is 35.5. The molecule has 0 aromatic carbocycles. The Hall–Kier alpha value is -0.910. The van der Waals surface area contributed by atoms with Gasteiger partial charge in [-0.05, 0) is 14.0 Å². The summed E-state index contributed by atoms with van der Waals surface area (Å²) < 4.78 is 7.10. The Kier molecular flexibility index (Phi) is 4.04. The molecule has 0 aliphatic carbocycles. The monoisotopic (exact) mass is 271 g/mol. The van der Waals surface area contributed by atoms with Crippen LogP contribution in [0.2, 0.25) is 5.15 Å². The second kappa shape index (κ2) is 5.38. The summed E-state index contributed by atoms with van der Waals surface area (Å²) in [4.78, 5) is 14.3. The molecule has 0 bridgehead atoms. The van der Waals surface area contributed by atoms with E-state index in [4.69, 9.17) is 16.3 Å². The number of morpholine rings is 1. The van der Waals surface area contributed by atoms with Gasteiger partial charge in [0.15, 0.2) is 5.78 Å². The van der Waals surface area contributed by atoms with Crippen LogP contribution in [0.1, 0.15) is 11.3 Å². The van der Waals surface area contributed by atoms with E-state index in [1.807, 2.05) is 14.0 Å². The fraction of sp³-hybridized carbons (Fsp3) is 0.667. The van der Waals surface area contributed by atoms with Gasteiger partial charge in [0.25, 0.3) is 0 Å². The van der Waals surface area contributed by atoms with Gasteiger partial charge in [-0.2, -0.15) is 5.10 Å². The van der Waals surface area contributed by atoms with Gasteiger partial charge in [0.05, 0.1) is 12.3 Å². The first-order valence-corrected chi connectivity index (χ1v) is 6.37. The molecular formula is C12H18ClN3O2. The first-order valence-electron chi connectivity index (χ1n) is 6.00. The molecule has 2 heterocycles. The van der Waals surface area contributed by atoms with Crippen LogP contribution in [-0.4, -0.2) is 53.3 Å². The van der Waals surface area contributed by atoms with Crippen molar-refractivity contribution in [1.29, 1.82) is 0 Å². The number of ketones is 1. The molecule has 0 saturated carbocycles. The minimum absolute atomic E-state index is 0.0690. The number of aryl methyl sites for hydroxylation is 2. The molecule has 1 saturated heterocycles. The SMILES string of the molecule is Cc1nn(C)c(Cl)c1CC(=O)C1CN(C)CCO1. The molecular weight excluding hydrogens is 254 g/mol. The lowest BCUT2D eigenvalue weighted by Crippen LogP contribution is -2.44. The Morgan fingerprint density at radius 2 is 2.28 bits per heavy atom. The highest BCUT2D eigenvalue weighted by molar-refractivity contribution is 6.30. The van der Waals surface area contributed by atoms with E-state index in [1.54, 1.807) is 11.7 Å². The molecule has 0 radical (unpaired) electrons. The fourth-order valence-electron chi connectivity index (χ4n) is 2.14. The van der Waals surface area contributed by atoms with Crippen molar-refractivity contribution in [2.45, 2.75) is 19.4 Å². The van der Waals surface area contributed by atoms with E-state index in [9.17, 15) is 4.79 Å². The predicted octanol–water partition coefficient (Wildman–Crippen LogP) is 0.824. The summed E-state index contributed by atoms with van der Waals surface area (Å²) in [6.45, 7) is 3.99. The van der Waals surface area contributed by atoms with Crippen LogP contribution < -0.4 is 0 Å². The van der Waals surface area contributed by atoms with Crippen molar-refractivity contribution in [2.75, 3.05) is 26.7 Å². The Morgan fingerprint density at radius 3 is 2.83 bits per heavy atom. The molecule has 1 unspecified atom stereocenters. The van der Waals surface area contributed by atoms with Crippen molar-refractivity contribution < 1.29 is 9.53 Å². The maximum absolute atomic E-state index is 12.2. The van der Waals surface area contributed by atoms with Gasteiger partial charge in [0.2, 0.25) is 0 Å². The van der Waals surface area contributed by atoms with Crippen LogP contribution in [0.5, 0.6) is 0 Å². The van der Waals surface area contributed by atoms with E-state index < -0.39 is 0 Å². The van der Waals surface area contributed by atoms with Crippen LogP contribution in [-0.2, 0) is 23.0 Å². The Balaban J connectivity index is 2.06. The average Bonchev–Trinajstić information content (AvgIpc) is 2.56. The molecule has 1 aromatic heterocycles. The first-order chi connectivity index (χ1) is 8.49. The molecule has 1 aliphatic rings. The third kappa shape index (κ3) is 2.74. The van der Waals surface area contributed by atoms with E-state index in [0.717, 1.165) is 17.8 Å². The summed E-state index contributed by atoms with van der Waals surface area (Å²) in [5.41, 5.74) is 1.61. The number of aromatic nitrogens is 2. The third-order valence-electron chi connectivity index (χ3n) is 3.25. The summed E-state index contributed by atoms with van der Waals surface area (Å²) in [7, 11) is 3.76. The molecule has 6 heteroatoms. The molecule has 0 amide bonds. The van der Waals surface area contributed by atoms with Crippen LogP contribution in [0, 0.1) is 6.92 Å². The van der Waals surface area contributed by atoms with Crippen molar-refractivity contribution in [3.8, 4) is 0 Å². The molecule has 0 N–H and O–H groups in total. The summed E-state index contributed by atoms with van der Waals surface area (Å²) >= 11 is 6.12. The maximum atomic E-state index is 12.2. The lowest BCUT2D eigenvalue weighted by atomic mass is 10.1.